The van der Waals surface area contributed by atoms with Gasteiger partial charge in [-0.1, -0.05) is 25.5 Å². The fraction of sp³-hybridized carbons (Fsp3) is 0.381. The second-order valence-electron chi connectivity index (χ2n) is 6.77. The van der Waals surface area contributed by atoms with E-state index in [1.807, 2.05) is 6.92 Å². The van der Waals surface area contributed by atoms with Crippen LogP contribution in [0.25, 0.3) is 0 Å². The van der Waals surface area contributed by atoms with Crippen LogP contribution >= 0.6 is 0 Å². The Hall–Kier alpha value is -2.45. The fourth-order valence-electron chi connectivity index (χ4n) is 2.78. The van der Waals surface area contributed by atoms with E-state index in [1.54, 1.807) is 36.2 Å². The standard InChI is InChI=1S/C21H27FN2O4S/c1-4-5-14-24(2)21(25)15-20(16-6-10-18(28-3)11-7-16)23-29(26,27)19-12-8-17(22)9-13-19/h6-13,20,23H,4-5,14-15H2,1-3H3. The van der Waals surface area contributed by atoms with Gasteiger partial charge in [-0.25, -0.2) is 17.5 Å². The van der Waals surface area contributed by atoms with Crippen molar-refractivity contribution < 1.29 is 22.3 Å². The molecular formula is C21H27FN2O4S. The van der Waals surface area contributed by atoms with Gasteiger partial charge < -0.3 is 9.64 Å². The minimum atomic E-state index is -3.95. The number of sulfonamides is 1. The van der Waals surface area contributed by atoms with Crippen molar-refractivity contribution in [2.24, 2.45) is 0 Å². The number of hydrogen-bond acceptors (Lipinski definition) is 4. The highest BCUT2D eigenvalue weighted by atomic mass is 32.2. The highest BCUT2D eigenvalue weighted by Gasteiger charge is 2.25. The summed E-state index contributed by atoms with van der Waals surface area (Å²) in [6.45, 7) is 2.64. The summed E-state index contributed by atoms with van der Waals surface area (Å²) < 4.78 is 46.5. The lowest BCUT2D eigenvalue weighted by molar-refractivity contribution is -0.130. The van der Waals surface area contributed by atoms with E-state index in [0.717, 1.165) is 25.0 Å². The highest BCUT2D eigenvalue weighted by Crippen LogP contribution is 2.24. The lowest BCUT2D eigenvalue weighted by Gasteiger charge is -2.23. The monoisotopic (exact) mass is 422 g/mol. The maximum atomic E-state index is 13.2. The van der Waals surface area contributed by atoms with E-state index < -0.39 is 21.9 Å². The van der Waals surface area contributed by atoms with Crippen LogP contribution in [-0.4, -0.2) is 39.9 Å². The van der Waals surface area contributed by atoms with E-state index in [2.05, 4.69) is 4.72 Å². The first-order valence-electron chi connectivity index (χ1n) is 9.42. The molecule has 8 heteroatoms. The zero-order chi connectivity index (χ0) is 21.4. The number of nitrogens with zero attached hydrogens (tertiary/aromatic N) is 1. The molecule has 1 amide bonds. The second kappa shape index (κ2) is 10.4. The Morgan fingerprint density at radius 2 is 1.76 bits per heavy atom. The zero-order valence-corrected chi connectivity index (χ0v) is 17.7. The molecule has 2 aromatic carbocycles. The summed E-state index contributed by atoms with van der Waals surface area (Å²) in [5.74, 6) is -0.0651. The summed E-state index contributed by atoms with van der Waals surface area (Å²) in [7, 11) is -0.703. The average molecular weight is 423 g/mol. The largest absolute Gasteiger partial charge is 0.497 e. The molecule has 2 aromatic rings. The van der Waals surface area contributed by atoms with E-state index in [9.17, 15) is 17.6 Å². The third-order valence-corrected chi connectivity index (χ3v) is 6.08. The number of carbonyl (C=O) groups is 1. The maximum absolute atomic E-state index is 13.2. The van der Waals surface area contributed by atoms with Crippen molar-refractivity contribution in [3.8, 4) is 5.75 Å². The van der Waals surface area contributed by atoms with Gasteiger partial charge in [-0.2, -0.15) is 0 Å². The fourth-order valence-corrected chi connectivity index (χ4v) is 4.01. The van der Waals surface area contributed by atoms with Gasteiger partial charge in [0.05, 0.1) is 18.0 Å². The minimum absolute atomic E-state index is 0.0348. The van der Waals surface area contributed by atoms with E-state index >= 15 is 0 Å². The van der Waals surface area contributed by atoms with Gasteiger partial charge in [0.15, 0.2) is 0 Å². The van der Waals surface area contributed by atoms with Gasteiger partial charge >= 0.3 is 0 Å². The van der Waals surface area contributed by atoms with Gasteiger partial charge in [0.25, 0.3) is 0 Å². The summed E-state index contributed by atoms with van der Waals surface area (Å²) >= 11 is 0. The number of nitrogens with one attached hydrogen (secondary N) is 1. The zero-order valence-electron chi connectivity index (χ0n) is 16.9. The number of carbonyl (C=O) groups excluding carboxylic acids is 1. The maximum Gasteiger partial charge on any atom is 0.241 e. The molecular weight excluding hydrogens is 395 g/mol. The smallest absolute Gasteiger partial charge is 0.241 e. The molecule has 0 radical (unpaired) electrons. The molecule has 29 heavy (non-hydrogen) atoms. The Morgan fingerprint density at radius 1 is 1.14 bits per heavy atom. The van der Waals surface area contributed by atoms with Gasteiger partial charge in [-0.15, -0.1) is 0 Å². The number of hydrogen-bond donors (Lipinski definition) is 1. The van der Waals surface area contributed by atoms with Crippen LogP contribution in [0.1, 0.15) is 37.8 Å². The van der Waals surface area contributed by atoms with Gasteiger partial charge in [-0.05, 0) is 48.4 Å². The molecule has 0 saturated carbocycles. The van der Waals surface area contributed by atoms with Gasteiger partial charge in [-0.3, -0.25) is 4.79 Å². The molecule has 158 valence electrons. The van der Waals surface area contributed by atoms with E-state index in [4.69, 9.17) is 4.74 Å². The van der Waals surface area contributed by atoms with Crippen LogP contribution in [-0.2, 0) is 14.8 Å². The van der Waals surface area contributed by atoms with Crippen molar-refractivity contribution in [1.29, 1.82) is 0 Å². The molecule has 0 heterocycles. The summed E-state index contributed by atoms with van der Waals surface area (Å²) in [5, 5.41) is 0. The third-order valence-electron chi connectivity index (χ3n) is 4.59. The lowest BCUT2D eigenvalue weighted by Crippen LogP contribution is -2.35. The Morgan fingerprint density at radius 3 is 2.31 bits per heavy atom. The first-order valence-corrected chi connectivity index (χ1v) is 10.9. The van der Waals surface area contributed by atoms with Gasteiger partial charge in [0, 0.05) is 20.0 Å². The van der Waals surface area contributed by atoms with Crippen LogP contribution in [0.4, 0.5) is 4.39 Å². The average Bonchev–Trinajstić information content (AvgIpc) is 2.71. The molecule has 2 rings (SSSR count). The first-order chi connectivity index (χ1) is 13.8. The Labute approximate surface area is 171 Å². The lowest BCUT2D eigenvalue weighted by atomic mass is 10.0. The molecule has 0 fully saturated rings. The van der Waals surface area contributed by atoms with E-state index in [1.165, 1.54) is 19.2 Å². The normalized spacial score (nSPS) is 12.4. The number of unbranched alkanes of at least 4 members (excludes halogenated alkanes) is 1. The van der Waals surface area contributed by atoms with Crippen molar-refractivity contribution in [2.75, 3.05) is 20.7 Å². The van der Waals surface area contributed by atoms with Crippen LogP contribution in [0.15, 0.2) is 53.4 Å². The van der Waals surface area contributed by atoms with Gasteiger partial charge in [0.2, 0.25) is 15.9 Å². The van der Waals surface area contributed by atoms with Crippen LogP contribution in [0.2, 0.25) is 0 Å². The quantitative estimate of drug-likeness (QED) is 0.636. The predicted molar refractivity (Wildman–Crippen MR) is 110 cm³/mol. The van der Waals surface area contributed by atoms with Crippen molar-refractivity contribution in [3.05, 3.63) is 59.9 Å². The number of halogens is 1. The molecule has 0 aromatic heterocycles. The molecule has 0 aliphatic carbocycles. The molecule has 0 aliphatic heterocycles. The summed E-state index contributed by atoms with van der Waals surface area (Å²) in [6.07, 6.45) is 1.79. The SMILES string of the molecule is CCCCN(C)C(=O)CC(NS(=O)(=O)c1ccc(F)cc1)c1ccc(OC)cc1. The summed E-state index contributed by atoms with van der Waals surface area (Å²) in [4.78, 5) is 14.2. The van der Waals surface area contributed by atoms with Crippen molar-refractivity contribution in [2.45, 2.75) is 37.1 Å². The number of rotatable bonds is 10. The van der Waals surface area contributed by atoms with Gasteiger partial charge in [0.1, 0.15) is 11.6 Å². The molecule has 0 aliphatic rings. The molecule has 0 spiro atoms. The topological polar surface area (TPSA) is 75.7 Å². The highest BCUT2D eigenvalue weighted by molar-refractivity contribution is 7.89. The van der Waals surface area contributed by atoms with Crippen molar-refractivity contribution >= 4 is 15.9 Å². The number of benzene rings is 2. The Bertz CT molecular complexity index is 899. The number of amides is 1. The number of ether oxygens (including phenoxy) is 1. The van der Waals surface area contributed by atoms with Crippen LogP contribution in [0, 0.1) is 5.82 Å². The summed E-state index contributed by atoms with van der Waals surface area (Å²) in [5.41, 5.74) is 0.633. The second-order valence-corrected chi connectivity index (χ2v) is 8.49. The van der Waals surface area contributed by atoms with E-state index in [-0.39, 0.29) is 17.2 Å². The van der Waals surface area contributed by atoms with Crippen LogP contribution in [0.5, 0.6) is 5.75 Å². The molecule has 1 atom stereocenters. The first kappa shape index (κ1) is 22.8. The van der Waals surface area contributed by atoms with Crippen LogP contribution < -0.4 is 9.46 Å². The minimum Gasteiger partial charge on any atom is -0.497 e. The van der Waals surface area contributed by atoms with Crippen LogP contribution in [0.3, 0.4) is 0 Å². The Kier molecular flexibility index (Phi) is 8.16. The third kappa shape index (κ3) is 6.54. The molecule has 0 saturated heterocycles. The number of methoxy groups -OCH3 is 1. The van der Waals surface area contributed by atoms with E-state index in [0.29, 0.717) is 17.9 Å². The molecule has 6 nitrogen and oxygen atoms in total. The molecule has 0 bridgehead atoms. The van der Waals surface area contributed by atoms with Crippen molar-refractivity contribution in [3.63, 3.8) is 0 Å². The Balaban J connectivity index is 2.28. The summed E-state index contributed by atoms with van der Waals surface area (Å²) in [6, 6.07) is 10.6. The molecule has 1 N–H and O–H groups in total. The van der Waals surface area contributed by atoms with Crippen molar-refractivity contribution in [1.82, 2.24) is 9.62 Å². The predicted octanol–water partition coefficient (Wildman–Crippen LogP) is 3.50. The molecule has 1 unspecified atom stereocenters.